The Morgan fingerprint density at radius 1 is 0.896 bits per heavy atom. The van der Waals surface area contributed by atoms with Crippen molar-refractivity contribution in [3.63, 3.8) is 0 Å². The van der Waals surface area contributed by atoms with E-state index in [0.29, 0.717) is 63.2 Å². The number of rotatable bonds is 21. The van der Waals surface area contributed by atoms with Crippen molar-refractivity contribution in [3.05, 3.63) is 130 Å². The summed E-state index contributed by atoms with van der Waals surface area (Å²) < 4.78 is 12.9. The number of carboxylic acid groups (broad SMARTS) is 1. The second-order valence-corrected chi connectivity index (χ2v) is 24.7. The van der Waals surface area contributed by atoms with Gasteiger partial charge >= 0.3 is 6.09 Å². The number of aromatic hydroxyl groups is 1. The largest absolute Gasteiger partial charge is 0.506 e. The van der Waals surface area contributed by atoms with Gasteiger partial charge in [-0.25, -0.2) is 4.79 Å². The summed E-state index contributed by atoms with van der Waals surface area (Å²) in [6.07, 6.45) is 2.60. The third-order valence-electron chi connectivity index (χ3n) is 14.4. The molecule has 1 saturated heterocycles. The van der Waals surface area contributed by atoms with Gasteiger partial charge in [-0.05, 0) is 103 Å². The van der Waals surface area contributed by atoms with Crippen LogP contribution in [-0.2, 0) is 26.8 Å². The first-order valence-corrected chi connectivity index (χ1v) is 27.1. The third-order valence-corrected chi connectivity index (χ3v) is 18.9. The summed E-state index contributed by atoms with van der Waals surface area (Å²) in [5.41, 5.74) is 6.28. The Bertz CT molecular complexity index is 2490. The molecule has 1 aliphatic carbocycles. The molecule has 1 saturated carbocycles. The van der Waals surface area contributed by atoms with Crippen molar-refractivity contribution < 1.29 is 29.0 Å². The predicted octanol–water partition coefficient (Wildman–Crippen LogP) is 9.49. The zero-order valence-electron chi connectivity index (χ0n) is 40.3. The molecule has 12 nitrogen and oxygen atoms in total. The minimum atomic E-state index is -2.22. The molecular formula is C54H71N5O7Si. The third kappa shape index (κ3) is 12.4. The van der Waals surface area contributed by atoms with Gasteiger partial charge in [-0.15, -0.1) is 0 Å². The molecule has 2 amide bonds. The number of benzene rings is 4. The zero-order chi connectivity index (χ0) is 47.7. The van der Waals surface area contributed by atoms with Crippen molar-refractivity contribution in [3.8, 4) is 16.9 Å². The fraction of sp³-hybridized carbons (Fsp3) is 0.463. The second-order valence-electron chi connectivity index (χ2n) is 20.0. The van der Waals surface area contributed by atoms with E-state index in [4.69, 9.17) is 9.16 Å². The molecule has 4 N–H and O–H groups in total. The van der Waals surface area contributed by atoms with Gasteiger partial charge in [-0.1, -0.05) is 99.6 Å². The Labute approximate surface area is 397 Å². The summed E-state index contributed by atoms with van der Waals surface area (Å²) in [4.78, 5) is 46.9. The van der Waals surface area contributed by atoms with Crippen LogP contribution in [0.1, 0.15) is 69.8 Å². The topological polar surface area (TPSA) is 148 Å². The molecule has 1 aromatic heterocycles. The molecule has 0 radical (unpaired) electrons. The molecule has 5 aromatic rings. The summed E-state index contributed by atoms with van der Waals surface area (Å²) in [6, 6.07) is 33.3. The number of carbonyl (C=O) groups is 2. The van der Waals surface area contributed by atoms with Gasteiger partial charge in [0, 0.05) is 68.9 Å². The predicted molar refractivity (Wildman–Crippen MR) is 270 cm³/mol. The summed E-state index contributed by atoms with van der Waals surface area (Å²) in [6.45, 7) is 19.1. The Kier molecular flexibility index (Phi) is 16.4. The van der Waals surface area contributed by atoms with Gasteiger partial charge in [-0.2, -0.15) is 0 Å². The highest BCUT2D eigenvalue weighted by atomic mass is 28.4. The minimum Gasteiger partial charge on any atom is -0.506 e. The molecule has 1 unspecified atom stereocenters. The van der Waals surface area contributed by atoms with E-state index in [-0.39, 0.29) is 34.4 Å². The maximum absolute atomic E-state index is 13.3. The smallest absolute Gasteiger partial charge is 0.412 e. The lowest BCUT2D eigenvalue weighted by Crippen LogP contribution is -2.44. The van der Waals surface area contributed by atoms with Crippen molar-refractivity contribution in [2.24, 2.45) is 11.8 Å². The number of amides is 2. The molecule has 67 heavy (non-hydrogen) atoms. The van der Waals surface area contributed by atoms with Crippen LogP contribution in [0.4, 0.5) is 10.5 Å². The number of phenolic OH excluding ortho intramolecular Hbond substituents is 1. The van der Waals surface area contributed by atoms with Gasteiger partial charge in [0.25, 0.3) is 0 Å². The number of phenols is 1. The zero-order valence-corrected chi connectivity index (χ0v) is 41.3. The lowest BCUT2D eigenvalue weighted by molar-refractivity contribution is -0.132. The van der Waals surface area contributed by atoms with E-state index in [1.54, 1.807) is 17.0 Å². The van der Waals surface area contributed by atoms with E-state index in [1.807, 2.05) is 72.5 Å². The van der Waals surface area contributed by atoms with E-state index in [1.165, 1.54) is 17.2 Å². The molecule has 4 atom stereocenters. The number of H-pyrrole nitrogens is 1. The molecule has 4 aromatic carbocycles. The molecule has 0 spiro atoms. The number of nitrogens with one attached hydrogen (secondary N) is 2. The normalized spacial score (nSPS) is 18.0. The summed E-state index contributed by atoms with van der Waals surface area (Å²) >= 11 is 0. The number of fused-ring (bicyclic) bond motifs is 2. The Morgan fingerprint density at radius 3 is 2.30 bits per heavy atom. The Balaban J connectivity index is 0.823. The number of likely N-dealkylation sites (N-methyl/N-ethyl adjacent to an activating group) is 1. The van der Waals surface area contributed by atoms with Crippen LogP contribution < -0.4 is 15.8 Å². The molecule has 358 valence electrons. The van der Waals surface area contributed by atoms with Crippen LogP contribution in [0.2, 0.25) is 18.1 Å². The average molecular weight is 930 g/mol. The summed E-state index contributed by atoms with van der Waals surface area (Å²) in [5, 5.41) is 25.2. The van der Waals surface area contributed by atoms with E-state index < -0.39 is 14.4 Å². The van der Waals surface area contributed by atoms with Crippen molar-refractivity contribution in [1.82, 2.24) is 20.1 Å². The van der Waals surface area contributed by atoms with Gasteiger partial charge in [0.2, 0.25) is 11.5 Å². The van der Waals surface area contributed by atoms with Crippen LogP contribution in [0.25, 0.3) is 22.0 Å². The summed E-state index contributed by atoms with van der Waals surface area (Å²) in [7, 11) is -2.22. The second kappa shape index (κ2) is 22.2. The highest BCUT2D eigenvalue weighted by molar-refractivity contribution is 6.74. The first-order chi connectivity index (χ1) is 32.1. The van der Waals surface area contributed by atoms with Gasteiger partial charge in [0.1, 0.15) is 5.75 Å². The minimum absolute atomic E-state index is 0.0180. The fourth-order valence-electron chi connectivity index (χ4n) is 9.79. The highest BCUT2D eigenvalue weighted by Crippen LogP contribution is 2.44. The standard InChI is InChI=1S/C54H71N5O7Si/c1-7-58(29-27-55-35-49(66-67(5,6)54(2,3)4)45-20-22-48(60)52-46(45)21-23-50(61)56-52)51(62)26-31-65-30-25-39-15-13-14-38(32-39)24-28-57-36-41-33-43(34-42(41)37-57)59(53(63)64)47-19-12-11-18-44(47)40-16-9-8-10-17-40/h8-23,32,41-43,49,55,60H,7,24-31,33-37H2,1-6H3,(H,56,61)(H,63,64)/t41-,42+,43?,49-/m0/s1. The SMILES string of the molecule is CCN(CCNC[C@H](O[Si](C)(C)C(C)(C)C)c1ccc(O)c2[nH]c(=O)ccc12)C(=O)CCOCCc1cccc(CCN2C[C@H]3CC(N(C(=O)O)c4ccccc4-c4ccccc4)C[C@H]3C2)c1. The lowest BCUT2D eigenvalue weighted by atomic mass is 10.0. The molecule has 2 fully saturated rings. The first-order valence-electron chi connectivity index (χ1n) is 24.2. The molecule has 7 rings (SSSR count). The van der Waals surface area contributed by atoms with E-state index in [0.717, 1.165) is 73.1 Å². The molecule has 13 heteroatoms. The number of likely N-dealkylation sites (tertiary alicyclic amines) is 1. The quantitative estimate of drug-likeness (QED) is 0.0418. The molecule has 1 aliphatic heterocycles. The average Bonchev–Trinajstić information content (AvgIpc) is 3.87. The maximum Gasteiger partial charge on any atom is 0.412 e. The Morgan fingerprint density at radius 2 is 1.60 bits per heavy atom. The number of para-hydroxylation sites is 1. The number of hydrogen-bond donors (Lipinski definition) is 4. The van der Waals surface area contributed by atoms with Crippen LogP contribution in [0.15, 0.2) is 108 Å². The van der Waals surface area contributed by atoms with Crippen molar-refractivity contribution in [2.45, 2.75) is 90.1 Å². The van der Waals surface area contributed by atoms with Crippen LogP contribution in [-0.4, -0.2) is 110 Å². The maximum atomic E-state index is 13.3. The van der Waals surface area contributed by atoms with E-state index >= 15 is 0 Å². The number of carbonyl (C=O) groups excluding carboxylic acids is 1. The van der Waals surface area contributed by atoms with Gasteiger partial charge in [0.15, 0.2) is 8.32 Å². The van der Waals surface area contributed by atoms with Crippen LogP contribution in [0.5, 0.6) is 5.75 Å². The van der Waals surface area contributed by atoms with Crippen LogP contribution in [0.3, 0.4) is 0 Å². The molecular weight excluding hydrogens is 859 g/mol. The monoisotopic (exact) mass is 930 g/mol. The first kappa shape index (κ1) is 49.6. The van der Waals surface area contributed by atoms with Crippen molar-refractivity contribution in [2.75, 3.05) is 63.9 Å². The Hall–Kier alpha value is -5.31. The van der Waals surface area contributed by atoms with E-state index in [2.05, 4.69) is 73.3 Å². The van der Waals surface area contributed by atoms with Gasteiger partial charge < -0.3 is 39.5 Å². The lowest BCUT2D eigenvalue weighted by Gasteiger charge is -2.39. The molecule has 0 bridgehead atoms. The van der Waals surface area contributed by atoms with Crippen LogP contribution >= 0.6 is 0 Å². The number of ether oxygens (including phenoxy) is 1. The number of hydrogen-bond acceptors (Lipinski definition) is 8. The number of pyridine rings is 1. The number of aromatic nitrogens is 1. The number of aromatic amines is 1. The summed E-state index contributed by atoms with van der Waals surface area (Å²) in [5.74, 6) is 1.06. The number of nitrogens with zero attached hydrogens (tertiary/aromatic N) is 3. The van der Waals surface area contributed by atoms with Gasteiger partial charge in [0.05, 0.1) is 36.9 Å². The van der Waals surface area contributed by atoms with Crippen LogP contribution in [0, 0.1) is 11.8 Å². The van der Waals surface area contributed by atoms with Crippen molar-refractivity contribution >= 4 is 36.9 Å². The molecule has 2 aliphatic rings. The number of anilines is 1. The molecule has 2 heterocycles. The fourth-order valence-corrected chi connectivity index (χ4v) is 11.1. The van der Waals surface area contributed by atoms with E-state index in [9.17, 15) is 24.6 Å². The highest BCUT2D eigenvalue weighted by Gasteiger charge is 2.44. The van der Waals surface area contributed by atoms with Gasteiger partial charge in [-0.3, -0.25) is 14.5 Å². The van der Waals surface area contributed by atoms with Crippen molar-refractivity contribution in [1.29, 1.82) is 0 Å².